The Morgan fingerprint density at radius 3 is 2.42 bits per heavy atom. The number of ether oxygens (including phenoxy) is 1. The van der Waals surface area contributed by atoms with Crippen molar-refractivity contribution in [2.45, 2.75) is 13.2 Å². The Bertz CT molecular complexity index is 933. The molecule has 0 spiro atoms. The Morgan fingerprint density at radius 2 is 1.62 bits per heavy atom. The zero-order chi connectivity index (χ0) is 16.2. The molecule has 3 aromatic carbocycles. The van der Waals surface area contributed by atoms with E-state index in [1.54, 1.807) is 11.0 Å². The van der Waals surface area contributed by atoms with Gasteiger partial charge in [0.25, 0.3) is 0 Å². The van der Waals surface area contributed by atoms with E-state index in [-0.39, 0.29) is 0 Å². The third kappa shape index (κ3) is 3.25. The Balaban J connectivity index is 1.41. The number of nitrogens with zero attached hydrogens (tertiary/aromatic N) is 4. The van der Waals surface area contributed by atoms with Crippen LogP contribution in [-0.4, -0.2) is 20.2 Å². The highest BCUT2D eigenvalue weighted by Gasteiger charge is 2.00. The molecular weight excluding hydrogens is 300 g/mol. The van der Waals surface area contributed by atoms with Gasteiger partial charge >= 0.3 is 0 Å². The average molecular weight is 316 g/mol. The second-order valence-electron chi connectivity index (χ2n) is 5.62. The minimum Gasteiger partial charge on any atom is -0.489 e. The van der Waals surface area contributed by atoms with E-state index < -0.39 is 0 Å². The molecule has 0 aliphatic rings. The fourth-order valence-corrected chi connectivity index (χ4v) is 2.63. The third-order valence-corrected chi connectivity index (χ3v) is 3.88. The first-order chi connectivity index (χ1) is 11.9. The van der Waals surface area contributed by atoms with Crippen molar-refractivity contribution in [2.24, 2.45) is 0 Å². The van der Waals surface area contributed by atoms with Gasteiger partial charge in [0.1, 0.15) is 18.7 Å². The summed E-state index contributed by atoms with van der Waals surface area (Å²) in [6, 6.07) is 22.7. The van der Waals surface area contributed by atoms with Crippen LogP contribution >= 0.6 is 0 Å². The lowest BCUT2D eigenvalue weighted by atomic mass is 10.1. The molecule has 0 N–H and O–H groups in total. The molecule has 0 bridgehead atoms. The molecule has 118 valence electrons. The van der Waals surface area contributed by atoms with Crippen molar-refractivity contribution in [3.05, 3.63) is 84.2 Å². The molecule has 0 aliphatic heterocycles. The van der Waals surface area contributed by atoms with Crippen LogP contribution < -0.4 is 4.74 Å². The van der Waals surface area contributed by atoms with Crippen molar-refractivity contribution in [3.8, 4) is 5.75 Å². The summed E-state index contributed by atoms with van der Waals surface area (Å²) in [7, 11) is 0. The standard InChI is InChI=1S/C19H16N4O/c1-2-4-18-11-16(5-8-17(18)3-1)13-24-19-9-6-15(7-10-19)12-23-14-20-21-22-23/h1-11,14H,12-13H2. The quantitative estimate of drug-likeness (QED) is 0.566. The summed E-state index contributed by atoms with van der Waals surface area (Å²) in [6.07, 6.45) is 1.60. The van der Waals surface area contributed by atoms with Crippen molar-refractivity contribution in [2.75, 3.05) is 0 Å². The highest BCUT2D eigenvalue weighted by atomic mass is 16.5. The first-order valence-electron chi connectivity index (χ1n) is 7.77. The number of aromatic nitrogens is 4. The van der Waals surface area contributed by atoms with Gasteiger partial charge in [-0.05, 0) is 50.5 Å². The van der Waals surface area contributed by atoms with Gasteiger partial charge in [0.15, 0.2) is 0 Å². The van der Waals surface area contributed by atoms with E-state index in [0.29, 0.717) is 13.2 Å². The van der Waals surface area contributed by atoms with Crippen molar-refractivity contribution >= 4 is 10.8 Å². The van der Waals surface area contributed by atoms with Gasteiger partial charge in [-0.1, -0.05) is 48.5 Å². The van der Waals surface area contributed by atoms with E-state index in [9.17, 15) is 0 Å². The van der Waals surface area contributed by atoms with Gasteiger partial charge in [0.05, 0.1) is 6.54 Å². The number of hydrogen-bond donors (Lipinski definition) is 0. The Kier molecular flexibility index (Phi) is 3.90. The lowest BCUT2D eigenvalue weighted by molar-refractivity contribution is 0.306. The highest BCUT2D eigenvalue weighted by Crippen LogP contribution is 2.18. The fraction of sp³-hybridized carbons (Fsp3) is 0.105. The fourth-order valence-electron chi connectivity index (χ4n) is 2.63. The first-order valence-corrected chi connectivity index (χ1v) is 7.77. The zero-order valence-corrected chi connectivity index (χ0v) is 13.0. The molecule has 0 atom stereocenters. The summed E-state index contributed by atoms with van der Waals surface area (Å²) in [5.41, 5.74) is 2.28. The van der Waals surface area contributed by atoms with E-state index in [1.165, 1.54) is 10.8 Å². The van der Waals surface area contributed by atoms with Crippen molar-refractivity contribution < 1.29 is 4.74 Å². The number of fused-ring (bicyclic) bond motifs is 1. The summed E-state index contributed by atoms with van der Waals surface area (Å²) in [5.74, 6) is 0.851. The summed E-state index contributed by atoms with van der Waals surface area (Å²) in [6.45, 7) is 1.20. The molecular formula is C19H16N4O. The van der Waals surface area contributed by atoms with Crippen molar-refractivity contribution in [3.63, 3.8) is 0 Å². The van der Waals surface area contributed by atoms with Gasteiger partial charge in [-0.3, -0.25) is 0 Å². The molecule has 0 saturated heterocycles. The number of tetrazole rings is 1. The molecule has 4 rings (SSSR count). The van der Waals surface area contributed by atoms with E-state index in [2.05, 4.69) is 58.0 Å². The van der Waals surface area contributed by atoms with Gasteiger partial charge in [0.2, 0.25) is 0 Å². The van der Waals surface area contributed by atoms with Crippen LogP contribution in [0, 0.1) is 0 Å². The van der Waals surface area contributed by atoms with Crippen LogP contribution in [0.25, 0.3) is 10.8 Å². The predicted octanol–water partition coefficient (Wildman–Crippen LogP) is 3.45. The Labute approximate surface area is 139 Å². The molecule has 0 fully saturated rings. The maximum Gasteiger partial charge on any atom is 0.138 e. The molecule has 1 aromatic heterocycles. The zero-order valence-electron chi connectivity index (χ0n) is 13.0. The van der Waals surface area contributed by atoms with Gasteiger partial charge in [-0.25, -0.2) is 4.68 Å². The van der Waals surface area contributed by atoms with Crippen LogP contribution in [0.3, 0.4) is 0 Å². The molecule has 0 radical (unpaired) electrons. The second kappa shape index (κ2) is 6.50. The number of benzene rings is 3. The lowest BCUT2D eigenvalue weighted by Gasteiger charge is -2.08. The van der Waals surface area contributed by atoms with Crippen LogP contribution in [0.1, 0.15) is 11.1 Å². The smallest absolute Gasteiger partial charge is 0.138 e. The SMILES string of the molecule is c1ccc2cc(COc3ccc(Cn4cnnn4)cc3)ccc2c1. The molecule has 0 unspecified atom stereocenters. The maximum atomic E-state index is 5.88. The third-order valence-electron chi connectivity index (χ3n) is 3.88. The normalized spacial score (nSPS) is 10.8. The molecule has 0 amide bonds. The van der Waals surface area contributed by atoms with Crippen LogP contribution in [0.2, 0.25) is 0 Å². The summed E-state index contributed by atoms with van der Waals surface area (Å²) < 4.78 is 7.57. The first kappa shape index (κ1) is 14.4. The van der Waals surface area contributed by atoms with Gasteiger partial charge in [-0.15, -0.1) is 5.10 Å². The molecule has 0 aliphatic carbocycles. The van der Waals surface area contributed by atoms with Gasteiger partial charge in [0, 0.05) is 0 Å². The molecule has 5 nitrogen and oxygen atoms in total. The van der Waals surface area contributed by atoms with E-state index in [4.69, 9.17) is 4.74 Å². The minimum absolute atomic E-state index is 0.553. The average Bonchev–Trinajstić information content (AvgIpc) is 3.14. The van der Waals surface area contributed by atoms with E-state index in [0.717, 1.165) is 16.9 Å². The molecule has 1 heterocycles. The van der Waals surface area contributed by atoms with Crippen LogP contribution in [-0.2, 0) is 13.2 Å². The molecule has 24 heavy (non-hydrogen) atoms. The highest BCUT2D eigenvalue weighted by molar-refractivity contribution is 5.82. The topological polar surface area (TPSA) is 52.8 Å². The Morgan fingerprint density at radius 1 is 0.833 bits per heavy atom. The second-order valence-corrected chi connectivity index (χ2v) is 5.62. The maximum absolute atomic E-state index is 5.88. The molecule has 0 saturated carbocycles. The lowest BCUT2D eigenvalue weighted by Crippen LogP contribution is -2.00. The van der Waals surface area contributed by atoms with Crippen molar-refractivity contribution in [1.29, 1.82) is 0 Å². The van der Waals surface area contributed by atoms with Gasteiger partial charge < -0.3 is 4.74 Å². The molecule has 4 aromatic rings. The van der Waals surface area contributed by atoms with Crippen molar-refractivity contribution in [1.82, 2.24) is 20.2 Å². The van der Waals surface area contributed by atoms with Gasteiger partial charge in [-0.2, -0.15) is 0 Å². The molecule has 5 heteroatoms. The monoisotopic (exact) mass is 316 g/mol. The van der Waals surface area contributed by atoms with E-state index >= 15 is 0 Å². The van der Waals surface area contributed by atoms with Crippen LogP contribution in [0.5, 0.6) is 5.75 Å². The predicted molar refractivity (Wildman–Crippen MR) is 91.6 cm³/mol. The number of hydrogen-bond acceptors (Lipinski definition) is 4. The number of rotatable bonds is 5. The summed E-state index contributed by atoms with van der Waals surface area (Å²) in [5, 5.41) is 13.6. The minimum atomic E-state index is 0.553. The van der Waals surface area contributed by atoms with Crippen LogP contribution in [0.4, 0.5) is 0 Å². The largest absolute Gasteiger partial charge is 0.489 e. The summed E-state index contributed by atoms with van der Waals surface area (Å²) in [4.78, 5) is 0. The van der Waals surface area contributed by atoms with Crippen LogP contribution in [0.15, 0.2) is 73.1 Å². The van der Waals surface area contributed by atoms with E-state index in [1.807, 2.05) is 24.3 Å². The summed E-state index contributed by atoms with van der Waals surface area (Å²) >= 11 is 0. The Hall–Kier alpha value is -3.21.